The summed E-state index contributed by atoms with van der Waals surface area (Å²) in [5.41, 5.74) is 0.744. The third-order valence-electron chi connectivity index (χ3n) is 3.74. The number of hydrogen-bond acceptors (Lipinski definition) is 6. The molecule has 0 saturated carbocycles. The van der Waals surface area contributed by atoms with Gasteiger partial charge in [0.15, 0.2) is 6.04 Å². The zero-order valence-corrected chi connectivity index (χ0v) is 15.1. The van der Waals surface area contributed by atoms with E-state index in [9.17, 15) is 34.3 Å². The number of hydrogen-bond donors (Lipinski definition) is 6. The van der Waals surface area contributed by atoms with Crippen LogP contribution in [0.15, 0.2) is 30.3 Å². The summed E-state index contributed by atoms with van der Waals surface area (Å²) in [7, 11) is 0. The van der Waals surface area contributed by atoms with Gasteiger partial charge in [0, 0.05) is 13.0 Å². The second kappa shape index (κ2) is 11.2. The van der Waals surface area contributed by atoms with Gasteiger partial charge >= 0.3 is 23.9 Å². The number of carboxylic acid groups (broad SMARTS) is 3. The molecule has 29 heavy (non-hydrogen) atoms. The first-order valence-corrected chi connectivity index (χ1v) is 8.38. The predicted octanol–water partition coefficient (Wildman–Crippen LogP) is -0.135. The lowest BCUT2D eigenvalue weighted by Crippen LogP contribution is -2.53. The highest BCUT2D eigenvalue weighted by atomic mass is 16.5. The van der Waals surface area contributed by atoms with E-state index >= 15 is 0 Å². The number of urea groups is 1. The van der Waals surface area contributed by atoms with E-state index in [4.69, 9.17) is 10.2 Å². The van der Waals surface area contributed by atoms with Gasteiger partial charge < -0.3 is 26.0 Å². The lowest BCUT2D eigenvalue weighted by Gasteiger charge is -2.24. The lowest BCUT2D eigenvalue weighted by atomic mass is 10.1. The van der Waals surface area contributed by atoms with Crippen LogP contribution in [-0.4, -0.2) is 67.5 Å². The van der Waals surface area contributed by atoms with E-state index in [1.54, 1.807) is 30.3 Å². The Morgan fingerprint density at radius 1 is 0.966 bits per heavy atom. The van der Waals surface area contributed by atoms with Crippen molar-refractivity contribution in [3.05, 3.63) is 35.9 Å². The van der Waals surface area contributed by atoms with Crippen molar-refractivity contribution >= 4 is 29.8 Å². The lowest BCUT2D eigenvalue weighted by molar-refractivity contribution is -0.159. The zero-order chi connectivity index (χ0) is 22.0. The van der Waals surface area contributed by atoms with Crippen molar-refractivity contribution in [3.8, 4) is 0 Å². The molecule has 6 N–H and O–H groups in total. The Labute approximate surface area is 164 Å². The molecule has 12 nitrogen and oxygen atoms in total. The van der Waals surface area contributed by atoms with Gasteiger partial charge in [-0.2, -0.15) is 5.06 Å². The fourth-order valence-corrected chi connectivity index (χ4v) is 2.20. The minimum atomic E-state index is -1.99. The molecular weight excluding hydrogens is 390 g/mol. The molecule has 12 heteroatoms. The molecule has 0 aromatic heterocycles. The molecule has 158 valence electrons. The summed E-state index contributed by atoms with van der Waals surface area (Å²) in [4.78, 5) is 56.9. The number of hydroxylamine groups is 2. The van der Waals surface area contributed by atoms with Gasteiger partial charge in [-0.1, -0.05) is 30.3 Å². The van der Waals surface area contributed by atoms with Crippen molar-refractivity contribution in [3.63, 3.8) is 0 Å². The summed E-state index contributed by atoms with van der Waals surface area (Å²) in [6.45, 7) is 0.0971. The van der Waals surface area contributed by atoms with Crippen LogP contribution in [0.3, 0.4) is 0 Å². The fourth-order valence-electron chi connectivity index (χ4n) is 2.20. The molecule has 0 fully saturated rings. The van der Waals surface area contributed by atoms with E-state index in [0.717, 1.165) is 5.56 Å². The number of carboxylic acids is 3. The van der Waals surface area contributed by atoms with Crippen LogP contribution in [0, 0.1) is 0 Å². The van der Waals surface area contributed by atoms with Crippen LogP contribution in [0.4, 0.5) is 4.79 Å². The number of carbonyl (C=O) groups is 5. The molecule has 0 bridgehead atoms. The Hall–Kier alpha value is -3.67. The third-order valence-corrected chi connectivity index (χ3v) is 3.74. The van der Waals surface area contributed by atoms with Gasteiger partial charge in [-0.15, -0.1) is 0 Å². The van der Waals surface area contributed by atoms with Crippen molar-refractivity contribution in [2.24, 2.45) is 0 Å². The Balaban J connectivity index is 2.69. The summed E-state index contributed by atoms with van der Waals surface area (Å²) >= 11 is 0. The monoisotopic (exact) mass is 411 g/mol. The van der Waals surface area contributed by atoms with Crippen LogP contribution in [0.2, 0.25) is 0 Å². The number of nitrogens with zero attached hydrogens (tertiary/aromatic N) is 1. The molecule has 2 atom stereocenters. The summed E-state index contributed by atoms with van der Waals surface area (Å²) in [5.74, 6) is -5.34. The largest absolute Gasteiger partial charge is 0.481 e. The summed E-state index contributed by atoms with van der Waals surface area (Å²) in [5, 5.41) is 40.6. The number of aliphatic carboxylic acids is 3. The second-order valence-corrected chi connectivity index (χ2v) is 5.94. The third kappa shape index (κ3) is 8.26. The van der Waals surface area contributed by atoms with Gasteiger partial charge in [0.2, 0.25) is 5.91 Å². The topological polar surface area (TPSA) is 194 Å². The molecule has 0 spiro atoms. The van der Waals surface area contributed by atoms with Gasteiger partial charge in [-0.3, -0.25) is 14.8 Å². The van der Waals surface area contributed by atoms with Crippen molar-refractivity contribution in [1.29, 1.82) is 0 Å². The van der Waals surface area contributed by atoms with Crippen molar-refractivity contribution in [2.75, 3.05) is 0 Å². The van der Waals surface area contributed by atoms with Gasteiger partial charge in [0.05, 0.1) is 6.42 Å². The van der Waals surface area contributed by atoms with E-state index in [0.29, 0.717) is 0 Å². The fraction of sp³-hybridized carbons (Fsp3) is 0.353. The Morgan fingerprint density at radius 2 is 1.59 bits per heavy atom. The number of rotatable bonds is 11. The van der Waals surface area contributed by atoms with E-state index in [-0.39, 0.29) is 11.6 Å². The number of carbonyl (C=O) groups excluding carboxylic acids is 2. The van der Waals surface area contributed by atoms with E-state index in [2.05, 4.69) is 5.32 Å². The van der Waals surface area contributed by atoms with E-state index in [1.165, 1.54) is 0 Å². The zero-order valence-electron chi connectivity index (χ0n) is 15.1. The molecule has 1 aromatic carbocycles. The van der Waals surface area contributed by atoms with Gasteiger partial charge in [0.1, 0.15) is 6.04 Å². The van der Waals surface area contributed by atoms with Crippen molar-refractivity contribution in [1.82, 2.24) is 15.7 Å². The molecule has 0 heterocycles. The first-order chi connectivity index (χ1) is 13.6. The van der Waals surface area contributed by atoms with Crippen LogP contribution >= 0.6 is 0 Å². The minimum Gasteiger partial charge on any atom is -0.481 e. The first-order valence-electron chi connectivity index (χ1n) is 8.38. The highest BCUT2D eigenvalue weighted by Gasteiger charge is 2.33. The molecule has 0 aliphatic heterocycles. The highest BCUT2D eigenvalue weighted by molar-refractivity contribution is 5.89. The molecule has 0 aliphatic rings. The maximum absolute atomic E-state index is 12.0. The summed E-state index contributed by atoms with van der Waals surface area (Å²) < 4.78 is 0. The highest BCUT2D eigenvalue weighted by Crippen LogP contribution is 2.06. The maximum Gasteiger partial charge on any atom is 0.342 e. The quantitative estimate of drug-likeness (QED) is 0.212. The standard InChI is InChI=1S/C17H21N3O9/c21-13(18-9-10-4-2-1-3-5-10)8-12(16(26)27)20(29)17(28)19-11(15(24)25)6-7-14(22)23/h1-5,11-12,29H,6-9H2,(H,18,21)(H,19,28)(H,22,23)(H,24,25)(H,26,27). The van der Waals surface area contributed by atoms with Gasteiger partial charge in [0.25, 0.3) is 0 Å². The van der Waals surface area contributed by atoms with Crippen LogP contribution in [-0.2, 0) is 25.7 Å². The summed E-state index contributed by atoms with van der Waals surface area (Å²) in [6.07, 6.45) is -1.86. The molecule has 0 radical (unpaired) electrons. The molecule has 3 amide bonds. The Bertz CT molecular complexity index is 754. The predicted molar refractivity (Wildman–Crippen MR) is 94.8 cm³/mol. The van der Waals surface area contributed by atoms with Crippen LogP contribution < -0.4 is 10.6 Å². The Morgan fingerprint density at radius 3 is 2.10 bits per heavy atom. The normalized spacial score (nSPS) is 12.3. The molecule has 0 aliphatic carbocycles. The molecule has 2 unspecified atom stereocenters. The van der Waals surface area contributed by atoms with E-state index in [1.807, 2.05) is 5.32 Å². The van der Waals surface area contributed by atoms with Crippen LogP contribution in [0.5, 0.6) is 0 Å². The molecule has 1 aromatic rings. The van der Waals surface area contributed by atoms with Gasteiger partial charge in [-0.25, -0.2) is 14.4 Å². The first kappa shape index (κ1) is 23.4. The number of amides is 3. The maximum atomic E-state index is 12.0. The molecule has 1 rings (SSSR count). The molecule has 0 saturated heterocycles. The second-order valence-electron chi connectivity index (χ2n) is 5.94. The average Bonchev–Trinajstić information content (AvgIpc) is 2.67. The van der Waals surface area contributed by atoms with Crippen LogP contribution in [0.25, 0.3) is 0 Å². The Kier molecular flexibility index (Phi) is 9.05. The minimum absolute atomic E-state index is 0.0971. The van der Waals surface area contributed by atoms with Crippen molar-refractivity contribution < 1.29 is 44.5 Å². The number of benzene rings is 1. The average molecular weight is 411 g/mol. The number of nitrogens with one attached hydrogen (secondary N) is 2. The summed E-state index contributed by atoms with van der Waals surface area (Å²) in [6, 6.07) is 3.55. The smallest absolute Gasteiger partial charge is 0.342 e. The van der Waals surface area contributed by atoms with Gasteiger partial charge in [-0.05, 0) is 12.0 Å². The van der Waals surface area contributed by atoms with Crippen molar-refractivity contribution in [2.45, 2.75) is 37.9 Å². The SMILES string of the molecule is O=C(O)CCC(NC(=O)N(O)C(CC(=O)NCc1ccccc1)C(=O)O)C(=O)O. The van der Waals surface area contributed by atoms with E-state index < -0.39 is 61.2 Å². The molecular formula is C17H21N3O9. The van der Waals surface area contributed by atoms with Crippen LogP contribution in [0.1, 0.15) is 24.8 Å².